The van der Waals surface area contributed by atoms with Crippen LogP contribution in [0.4, 0.5) is 0 Å². The molecule has 4 nitrogen and oxygen atoms in total. The average molecular weight is 276 g/mol. The van der Waals surface area contributed by atoms with Gasteiger partial charge in [0.25, 0.3) is 0 Å². The highest BCUT2D eigenvalue weighted by atomic mass is 16.5. The van der Waals surface area contributed by atoms with Gasteiger partial charge in [0.2, 0.25) is 0 Å². The summed E-state index contributed by atoms with van der Waals surface area (Å²) in [5, 5.41) is 3.35. The van der Waals surface area contributed by atoms with Gasteiger partial charge in [-0.3, -0.25) is 9.69 Å². The molecule has 110 valence electrons. The lowest BCUT2D eigenvalue weighted by molar-refractivity contribution is -0.142. The molecule has 0 spiro atoms. The third-order valence-corrected chi connectivity index (χ3v) is 4.09. The SMILES string of the molecule is COC(=O)[C@H](C)NC1CCN(C(C)c2ccccc2)C1. The summed E-state index contributed by atoms with van der Waals surface area (Å²) in [5.74, 6) is -0.195. The summed E-state index contributed by atoms with van der Waals surface area (Å²) in [6.45, 7) is 6.12. The molecule has 2 unspecified atom stereocenters. The second kappa shape index (κ2) is 6.86. The number of nitrogens with one attached hydrogen (secondary N) is 1. The molecule has 0 saturated carbocycles. The van der Waals surface area contributed by atoms with E-state index in [4.69, 9.17) is 4.74 Å². The first kappa shape index (κ1) is 15.0. The molecule has 0 amide bonds. The number of carbonyl (C=O) groups is 1. The van der Waals surface area contributed by atoms with Gasteiger partial charge < -0.3 is 10.1 Å². The van der Waals surface area contributed by atoms with Crippen LogP contribution in [-0.4, -0.2) is 43.2 Å². The molecule has 20 heavy (non-hydrogen) atoms. The topological polar surface area (TPSA) is 41.6 Å². The molecule has 0 aliphatic carbocycles. The molecule has 1 aliphatic heterocycles. The van der Waals surface area contributed by atoms with Gasteiger partial charge in [-0.05, 0) is 25.8 Å². The zero-order valence-electron chi connectivity index (χ0n) is 12.5. The molecule has 1 aliphatic rings. The summed E-state index contributed by atoms with van der Waals surface area (Å²) < 4.78 is 4.75. The largest absolute Gasteiger partial charge is 0.468 e. The highest BCUT2D eigenvalue weighted by molar-refractivity contribution is 5.75. The Kier molecular flexibility index (Phi) is 5.15. The third-order valence-electron chi connectivity index (χ3n) is 4.09. The van der Waals surface area contributed by atoms with Crippen LogP contribution in [-0.2, 0) is 9.53 Å². The number of benzene rings is 1. The van der Waals surface area contributed by atoms with Crippen LogP contribution in [0, 0.1) is 0 Å². The van der Waals surface area contributed by atoms with Crippen molar-refractivity contribution in [3.05, 3.63) is 35.9 Å². The molecule has 1 N–H and O–H groups in total. The lowest BCUT2D eigenvalue weighted by Gasteiger charge is -2.25. The number of likely N-dealkylation sites (tertiary alicyclic amines) is 1. The number of esters is 1. The number of hydrogen-bond acceptors (Lipinski definition) is 4. The van der Waals surface area contributed by atoms with Crippen molar-refractivity contribution in [3.63, 3.8) is 0 Å². The predicted octanol–water partition coefficient (Wildman–Crippen LogP) is 1.97. The molecule has 0 bridgehead atoms. The van der Waals surface area contributed by atoms with Gasteiger partial charge in [-0.2, -0.15) is 0 Å². The first-order valence-corrected chi connectivity index (χ1v) is 7.24. The molecule has 3 atom stereocenters. The smallest absolute Gasteiger partial charge is 0.322 e. The van der Waals surface area contributed by atoms with Crippen LogP contribution in [0.5, 0.6) is 0 Å². The standard InChI is InChI=1S/C16H24N2O2/c1-12(16(19)20-3)17-15-9-10-18(11-15)13(2)14-7-5-4-6-8-14/h4-8,12-13,15,17H,9-11H2,1-3H3/t12-,13?,15?/m0/s1. The third kappa shape index (κ3) is 3.58. The van der Waals surface area contributed by atoms with Crippen molar-refractivity contribution < 1.29 is 9.53 Å². The molecule has 0 radical (unpaired) electrons. The van der Waals surface area contributed by atoms with Crippen molar-refractivity contribution >= 4 is 5.97 Å². The van der Waals surface area contributed by atoms with Crippen molar-refractivity contribution in [1.82, 2.24) is 10.2 Å². The van der Waals surface area contributed by atoms with Crippen molar-refractivity contribution in [2.45, 2.75) is 38.4 Å². The Bertz CT molecular complexity index is 435. The van der Waals surface area contributed by atoms with Crippen LogP contribution in [0.1, 0.15) is 31.9 Å². The van der Waals surface area contributed by atoms with E-state index in [0.717, 1.165) is 19.5 Å². The lowest BCUT2D eigenvalue weighted by atomic mass is 10.1. The number of methoxy groups -OCH3 is 1. The molecular formula is C16H24N2O2. The molecule has 0 aromatic heterocycles. The van der Waals surface area contributed by atoms with E-state index in [2.05, 4.69) is 41.4 Å². The monoisotopic (exact) mass is 276 g/mol. The Morgan fingerprint density at radius 2 is 2.05 bits per heavy atom. The Labute approximate surface area is 121 Å². The van der Waals surface area contributed by atoms with Crippen LogP contribution < -0.4 is 5.32 Å². The molecule has 1 fully saturated rings. The van der Waals surface area contributed by atoms with Gasteiger partial charge in [-0.25, -0.2) is 0 Å². The van der Waals surface area contributed by atoms with Gasteiger partial charge in [0.1, 0.15) is 6.04 Å². The predicted molar refractivity (Wildman–Crippen MR) is 79.4 cm³/mol. The minimum Gasteiger partial charge on any atom is -0.468 e. The number of nitrogens with zero attached hydrogens (tertiary/aromatic N) is 1. The van der Waals surface area contributed by atoms with E-state index in [-0.39, 0.29) is 12.0 Å². The van der Waals surface area contributed by atoms with Gasteiger partial charge in [0.05, 0.1) is 7.11 Å². The van der Waals surface area contributed by atoms with E-state index >= 15 is 0 Å². The van der Waals surface area contributed by atoms with E-state index in [0.29, 0.717) is 12.1 Å². The van der Waals surface area contributed by atoms with Crippen LogP contribution in [0.2, 0.25) is 0 Å². The molecule has 1 heterocycles. The van der Waals surface area contributed by atoms with E-state index < -0.39 is 0 Å². The summed E-state index contributed by atoms with van der Waals surface area (Å²) in [6, 6.07) is 11.1. The summed E-state index contributed by atoms with van der Waals surface area (Å²) in [6.07, 6.45) is 1.07. The van der Waals surface area contributed by atoms with Gasteiger partial charge in [0.15, 0.2) is 0 Å². The first-order chi connectivity index (χ1) is 9.61. The number of carbonyl (C=O) groups excluding carboxylic acids is 1. The summed E-state index contributed by atoms with van der Waals surface area (Å²) >= 11 is 0. The highest BCUT2D eigenvalue weighted by Gasteiger charge is 2.28. The summed E-state index contributed by atoms with van der Waals surface area (Å²) in [4.78, 5) is 13.9. The fourth-order valence-corrected chi connectivity index (χ4v) is 2.82. The maximum absolute atomic E-state index is 11.4. The van der Waals surface area contributed by atoms with Crippen LogP contribution in [0.15, 0.2) is 30.3 Å². The first-order valence-electron chi connectivity index (χ1n) is 7.24. The zero-order valence-corrected chi connectivity index (χ0v) is 12.5. The van der Waals surface area contributed by atoms with Crippen molar-refractivity contribution in [1.29, 1.82) is 0 Å². The Balaban J connectivity index is 1.88. The Morgan fingerprint density at radius 3 is 2.70 bits per heavy atom. The maximum Gasteiger partial charge on any atom is 0.322 e. The lowest BCUT2D eigenvalue weighted by Crippen LogP contribution is -2.43. The second-order valence-corrected chi connectivity index (χ2v) is 5.48. The normalized spacial score (nSPS) is 22.4. The summed E-state index contributed by atoms with van der Waals surface area (Å²) in [5.41, 5.74) is 1.34. The van der Waals surface area contributed by atoms with E-state index in [9.17, 15) is 4.79 Å². The Morgan fingerprint density at radius 1 is 1.35 bits per heavy atom. The molecule has 1 saturated heterocycles. The number of rotatable bonds is 5. The fraction of sp³-hybridized carbons (Fsp3) is 0.562. The Hall–Kier alpha value is -1.39. The van der Waals surface area contributed by atoms with Gasteiger partial charge >= 0.3 is 5.97 Å². The molecule has 1 aromatic rings. The number of hydrogen-bond donors (Lipinski definition) is 1. The second-order valence-electron chi connectivity index (χ2n) is 5.48. The molecule has 1 aromatic carbocycles. The van der Waals surface area contributed by atoms with Crippen LogP contribution in [0.3, 0.4) is 0 Å². The zero-order chi connectivity index (χ0) is 14.5. The molecule has 4 heteroatoms. The van der Waals surface area contributed by atoms with Gasteiger partial charge in [-0.15, -0.1) is 0 Å². The minimum absolute atomic E-state index is 0.195. The van der Waals surface area contributed by atoms with Crippen molar-refractivity contribution in [2.24, 2.45) is 0 Å². The highest BCUT2D eigenvalue weighted by Crippen LogP contribution is 2.24. The van der Waals surface area contributed by atoms with Crippen LogP contribution in [0.25, 0.3) is 0 Å². The van der Waals surface area contributed by atoms with Gasteiger partial charge in [0, 0.05) is 25.2 Å². The fourth-order valence-electron chi connectivity index (χ4n) is 2.82. The van der Waals surface area contributed by atoms with E-state index in [1.165, 1.54) is 12.7 Å². The summed E-state index contributed by atoms with van der Waals surface area (Å²) in [7, 11) is 1.43. The molecule has 2 rings (SSSR count). The van der Waals surface area contributed by atoms with Crippen LogP contribution >= 0.6 is 0 Å². The molecular weight excluding hydrogens is 252 g/mol. The maximum atomic E-state index is 11.4. The van der Waals surface area contributed by atoms with Crippen molar-refractivity contribution in [3.8, 4) is 0 Å². The minimum atomic E-state index is -0.239. The van der Waals surface area contributed by atoms with Gasteiger partial charge in [-0.1, -0.05) is 30.3 Å². The number of ether oxygens (including phenoxy) is 1. The van der Waals surface area contributed by atoms with E-state index in [1.54, 1.807) is 0 Å². The van der Waals surface area contributed by atoms with E-state index in [1.807, 2.05) is 13.0 Å². The average Bonchev–Trinajstić information content (AvgIpc) is 2.94. The quantitative estimate of drug-likeness (QED) is 0.835. The van der Waals surface area contributed by atoms with Crippen molar-refractivity contribution in [2.75, 3.05) is 20.2 Å².